The minimum atomic E-state index is -0.0948. The number of ether oxygens (including phenoxy) is 2. The summed E-state index contributed by atoms with van der Waals surface area (Å²) in [5.74, 6) is 1.42. The van der Waals surface area contributed by atoms with Gasteiger partial charge in [0.2, 0.25) is 0 Å². The van der Waals surface area contributed by atoms with Crippen LogP contribution in [0.2, 0.25) is 0 Å². The van der Waals surface area contributed by atoms with Crippen molar-refractivity contribution in [1.82, 2.24) is 5.32 Å². The first-order chi connectivity index (χ1) is 11.0. The molecular formula is C19H23NO3. The van der Waals surface area contributed by atoms with E-state index in [1.54, 1.807) is 19.2 Å². The van der Waals surface area contributed by atoms with Crippen molar-refractivity contribution in [3.05, 3.63) is 58.7 Å². The lowest BCUT2D eigenvalue weighted by atomic mass is 10.1. The van der Waals surface area contributed by atoms with Crippen LogP contribution in [-0.2, 0) is 6.61 Å². The van der Waals surface area contributed by atoms with Crippen LogP contribution >= 0.6 is 0 Å². The summed E-state index contributed by atoms with van der Waals surface area (Å²) in [6.07, 6.45) is 0. The molecule has 2 rings (SSSR count). The number of aryl methyl sites for hydroxylation is 2. The van der Waals surface area contributed by atoms with E-state index < -0.39 is 0 Å². The molecule has 0 spiro atoms. The fourth-order valence-corrected chi connectivity index (χ4v) is 2.26. The molecule has 122 valence electrons. The maximum atomic E-state index is 12.0. The first-order valence-corrected chi connectivity index (χ1v) is 7.70. The summed E-state index contributed by atoms with van der Waals surface area (Å²) in [6.45, 7) is 6.96. The summed E-state index contributed by atoms with van der Waals surface area (Å²) in [5, 5.41) is 2.79. The molecule has 2 aromatic rings. The molecule has 0 unspecified atom stereocenters. The summed E-state index contributed by atoms with van der Waals surface area (Å²) in [5.41, 5.74) is 3.86. The maximum absolute atomic E-state index is 12.0. The van der Waals surface area contributed by atoms with Gasteiger partial charge in [0.05, 0.1) is 7.11 Å². The molecule has 0 aromatic heterocycles. The van der Waals surface area contributed by atoms with Crippen LogP contribution in [0.15, 0.2) is 36.4 Å². The fourth-order valence-electron chi connectivity index (χ4n) is 2.26. The van der Waals surface area contributed by atoms with Crippen LogP contribution in [0.1, 0.15) is 34.0 Å². The fraction of sp³-hybridized carbons (Fsp3) is 0.316. The van der Waals surface area contributed by atoms with Gasteiger partial charge in [-0.3, -0.25) is 4.79 Å². The number of nitrogens with one attached hydrogen (secondary N) is 1. The third-order valence-electron chi connectivity index (χ3n) is 3.75. The average Bonchev–Trinajstić information content (AvgIpc) is 2.56. The Morgan fingerprint density at radius 1 is 1.09 bits per heavy atom. The van der Waals surface area contributed by atoms with Crippen LogP contribution in [0.5, 0.6) is 11.5 Å². The first-order valence-electron chi connectivity index (χ1n) is 7.70. The van der Waals surface area contributed by atoms with Crippen molar-refractivity contribution in [3.63, 3.8) is 0 Å². The van der Waals surface area contributed by atoms with Gasteiger partial charge >= 0.3 is 0 Å². The van der Waals surface area contributed by atoms with Crippen LogP contribution in [0.3, 0.4) is 0 Å². The van der Waals surface area contributed by atoms with Crippen molar-refractivity contribution in [3.8, 4) is 11.5 Å². The first kappa shape index (κ1) is 16.9. The van der Waals surface area contributed by atoms with E-state index in [2.05, 4.69) is 19.2 Å². The number of rotatable bonds is 6. The van der Waals surface area contributed by atoms with Gasteiger partial charge in [-0.15, -0.1) is 0 Å². The van der Waals surface area contributed by atoms with Crippen molar-refractivity contribution in [2.24, 2.45) is 0 Å². The topological polar surface area (TPSA) is 47.6 Å². The number of benzene rings is 2. The summed E-state index contributed by atoms with van der Waals surface area (Å²) >= 11 is 0. The van der Waals surface area contributed by atoms with Gasteiger partial charge in [-0.25, -0.2) is 0 Å². The SMILES string of the molecule is CCNC(=O)c1ccc(OC)c(COc2ccc(C)c(C)c2)c1. The van der Waals surface area contributed by atoms with E-state index >= 15 is 0 Å². The number of hydrogen-bond acceptors (Lipinski definition) is 3. The molecule has 0 saturated carbocycles. The van der Waals surface area contributed by atoms with E-state index in [1.165, 1.54) is 11.1 Å². The van der Waals surface area contributed by atoms with Crippen LogP contribution in [-0.4, -0.2) is 19.6 Å². The predicted molar refractivity (Wildman–Crippen MR) is 91.2 cm³/mol. The highest BCUT2D eigenvalue weighted by molar-refractivity contribution is 5.94. The number of carbonyl (C=O) groups is 1. The molecule has 1 amide bonds. The van der Waals surface area contributed by atoms with Gasteiger partial charge < -0.3 is 14.8 Å². The van der Waals surface area contributed by atoms with Crippen molar-refractivity contribution >= 4 is 5.91 Å². The molecule has 4 heteroatoms. The highest BCUT2D eigenvalue weighted by atomic mass is 16.5. The molecular weight excluding hydrogens is 290 g/mol. The van der Waals surface area contributed by atoms with Crippen LogP contribution in [0.25, 0.3) is 0 Å². The Labute approximate surface area is 137 Å². The third kappa shape index (κ3) is 4.25. The lowest BCUT2D eigenvalue weighted by molar-refractivity contribution is 0.0955. The van der Waals surface area contributed by atoms with Gasteiger partial charge in [0, 0.05) is 17.7 Å². The molecule has 0 fully saturated rings. The Bertz CT molecular complexity index is 695. The number of hydrogen-bond donors (Lipinski definition) is 1. The molecule has 4 nitrogen and oxygen atoms in total. The van der Waals surface area contributed by atoms with E-state index in [1.807, 2.05) is 31.2 Å². The van der Waals surface area contributed by atoms with E-state index in [-0.39, 0.29) is 5.91 Å². The largest absolute Gasteiger partial charge is 0.496 e. The minimum Gasteiger partial charge on any atom is -0.496 e. The predicted octanol–water partition coefficient (Wildman–Crippen LogP) is 3.64. The van der Waals surface area contributed by atoms with E-state index in [4.69, 9.17) is 9.47 Å². The zero-order valence-electron chi connectivity index (χ0n) is 14.1. The molecule has 0 aliphatic heterocycles. The summed E-state index contributed by atoms with van der Waals surface area (Å²) < 4.78 is 11.2. The Morgan fingerprint density at radius 2 is 1.87 bits per heavy atom. The highest BCUT2D eigenvalue weighted by Crippen LogP contribution is 2.23. The van der Waals surface area contributed by atoms with Crippen molar-refractivity contribution in [2.75, 3.05) is 13.7 Å². The Balaban J connectivity index is 2.18. The summed E-state index contributed by atoms with van der Waals surface area (Å²) in [6, 6.07) is 11.4. The number of carbonyl (C=O) groups excluding carboxylic acids is 1. The molecule has 0 aliphatic carbocycles. The lowest BCUT2D eigenvalue weighted by Crippen LogP contribution is -2.22. The second-order valence-corrected chi connectivity index (χ2v) is 5.42. The molecule has 1 N–H and O–H groups in total. The van der Waals surface area contributed by atoms with Crippen molar-refractivity contribution in [1.29, 1.82) is 0 Å². The Kier molecular flexibility index (Phi) is 5.63. The van der Waals surface area contributed by atoms with E-state index in [9.17, 15) is 4.79 Å². The average molecular weight is 313 g/mol. The lowest BCUT2D eigenvalue weighted by Gasteiger charge is -2.13. The van der Waals surface area contributed by atoms with Crippen LogP contribution < -0.4 is 14.8 Å². The zero-order valence-corrected chi connectivity index (χ0v) is 14.1. The second-order valence-electron chi connectivity index (χ2n) is 5.42. The van der Waals surface area contributed by atoms with Gasteiger partial charge in [0.15, 0.2) is 0 Å². The van der Waals surface area contributed by atoms with E-state index in [0.717, 1.165) is 11.3 Å². The van der Waals surface area contributed by atoms with Crippen molar-refractivity contribution in [2.45, 2.75) is 27.4 Å². The van der Waals surface area contributed by atoms with Gasteiger partial charge in [0.1, 0.15) is 18.1 Å². The normalized spacial score (nSPS) is 10.3. The van der Waals surface area contributed by atoms with Gasteiger partial charge in [-0.05, 0) is 62.2 Å². The monoisotopic (exact) mass is 313 g/mol. The smallest absolute Gasteiger partial charge is 0.251 e. The van der Waals surface area contributed by atoms with Gasteiger partial charge in [0.25, 0.3) is 5.91 Å². The van der Waals surface area contributed by atoms with E-state index in [0.29, 0.717) is 24.5 Å². The van der Waals surface area contributed by atoms with Crippen LogP contribution in [0, 0.1) is 13.8 Å². The maximum Gasteiger partial charge on any atom is 0.251 e. The number of amides is 1. The van der Waals surface area contributed by atoms with Crippen LogP contribution in [0.4, 0.5) is 0 Å². The quantitative estimate of drug-likeness (QED) is 0.885. The standard InChI is InChI=1S/C19H23NO3/c1-5-20-19(21)15-7-9-18(22-4)16(11-15)12-23-17-8-6-13(2)14(3)10-17/h6-11H,5,12H2,1-4H3,(H,20,21). The molecule has 2 aromatic carbocycles. The molecule has 23 heavy (non-hydrogen) atoms. The molecule has 0 bridgehead atoms. The van der Waals surface area contributed by atoms with Gasteiger partial charge in [-0.2, -0.15) is 0 Å². The third-order valence-corrected chi connectivity index (χ3v) is 3.75. The molecule has 0 heterocycles. The second kappa shape index (κ2) is 7.68. The summed E-state index contributed by atoms with van der Waals surface area (Å²) in [4.78, 5) is 12.0. The molecule has 0 radical (unpaired) electrons. The minimum absolute atomic E-state index is 0.0948. The Hall–Kier alpha value is -2.49. The number of methoxy groups -OCH3 is 1. The highest BCUT2D eigenvalue weighted by Gasteiger charge is 2.10. The molecule has 0 aliphatic rings. The zero-order chi connectivity index (χ0) is 16.8. The van der Waals surface area contributed by atoms with Gasteiger partial charge in [-0.1, -0.05) is 6.07 Å². The summed E-state index contributed by atoms with van der Waals surface area (Å²) in [7, 11) is 1.61. The molecule has 0 atom stereocenters. The Morgan fingerprint density at radius 3 is 2.52 bits per heavy atom. The molecule has 0 saturated heterocycles. The van der Waals surface area contributed by atoms with Crippen molar-refractivity contribution < 1.29 is 14.3 Å².